The standard InChI is InChI=1S/C15H22N2O2/c1-9(2)17-12(14(16)18)11-7-5-6-10-8-15(3,4)19-13(10)11/h5-7,9,12,17H,8H2,1-4H3,(H2,16,18). The van der Waals surface area contributed by atoms with Gasteiger partial charge in [0, 0.05) is 18.0 Å². The zero-order chi connectivity index (χ0) is 14.2. The number of para-hydroxylation sites is 1. The van der Waals surface area contributed by atoms with E-state index < -0.39 is 6.04 Å². The molecule has 0 aromatic heterocycles. The zero-order valence-corrected chi connectivity index (χ0v) is 12.0. The van der Waals surface area contributed by atoms with Gasteiger partial charge in [-0.3, -0.25) is 10.1 Å². The van der Waals surface area contributed by atoms with Crippen molar-refractivity contribution in [1.82, 2.24) is 5.32 Å². The number of nitrogens with two attached hydrogens (primary N) is 1. The molecule has 104 valence electrons. The summed E-state index contributed by atoms with van der Waals surface area (Å²) in [6.45, 7) is 8.08. The maximum Gasteiger partial charge on any atom is 0.239 e. The Bertz CT molecular complexity index is 495. The molecule has 4 heteroatoms. The number of rotatable bonds is 4. The van der Waals surface area contributed by atoms with E-state index in [0.29, 0.717) is 0 Å². The van der Waals surface area contributed by atoms with Gasteiger partial charge in [-0.05, 0) is 33.3 Å². The second-order valence-corrected chi connectivity index (χ2v) is 6.03. The molecule has 2 rings (SSSR count). The molecule has 0 spiro atoms. The zero-order valence-electron chi connectivity index (χ0n) is 12.0. The third-order valence-electron chi connectivity index (χ3n) is 3.22. The first kappa shape index (κ1) is 13.9. The lowest BCUT2D eigenvalue weighted by atomic mass is 9.97. The van der Waals surface area contributed by atoms with E-state index in [4.69, 9.17) is 10.5 Å². The van der Waals surface area contributed by atoms with Crippen LogP contribution in [0.2, 0.25) is 0 Å². The molecule has 0 saturated carbocycles. The summed E-state index contributed by atoms with van der Waals surface area (Å²) in [5, 5.41) is 3.20. The van der Waals surface area contributed by atoms with Crippen LogP contribution < -0.4 is 15.8 Å². The maximum atomic E-state index is 11.7. The molecular weight excluding hydrogens is 240 g/mol. The largest absolute Gasteiger partial charge is 0.487 e. The first-order valence-corrected chi connectivity index (χ1v) is 6.66. The first-order chi connectivity index (χ1) is 8.80. The van der Waals surface area contributed by atoms with Crippen molar-refractivity contribution in [3.05, 3.63) is 29.3 Å². The van der Waals surface area contributed by atoms with Gasteiger partial charge in [0.1, 0.15) is 17.4 Å². The van der Waals surface area contributed by atoms with Crippen molar-refractivity contribution >= 4 is 5.91 Å². The highest BCUT2D eigenvalue weighted by atomic mass is 16.5. The summed E-state index contributed by atoms with van der Waals surface area (Å²) in [6, 6.07) is 5.56. The van der Waals surface area contributed by atoms with Gasteiger partial charge in [0.2, 0.25) is 5.91 Å². The number of benzene rings is 1. The average Bonchev–Trinajstić information content (AvgIpc) is 2.59. The molecule has 1 unspecified atom stereocenters. The Morgan fingerprint density at radius 3 is 2.68 bits per heavy atom. The van der Waals surface area contributed by atoms with Crippen molar-refractivity contribution in [2.45, 2.75) is 51.8 Å². The summed E-state index contributed by atoms with van der Waals surface area (Å²) in [5.41, 5.74) is 7.27. The van der Waals surface area contributed by atoms with E-state index in [1.54, 1.807) is 0 Å². The van der Waals surface area contributed by atoms with Gasteiger partial charge in [-0.15, -0.1) is 0 Å². The molecule has 19 heavy (non-hydrogen) atoms. The lowest BCUT2D eigenvalue weighted by molar-refractivity contribution is -0.120. The van der Waals surface area contributed by atoms with Crippen molar-refractivity contribution < 1.29 is 9.53 Å². The molecule has 0 fully saturated rings. The molecular formula is C15H22N2O2. The monoisotopic (exact) mass is 262 g/mol. The number of carbonyl (C=O) groups is 1. The normalized spacial score (nSPS) is 17.9. The van der Waals surface area contributed by atoms with Gasteiger partial charge in [0.15, 0.2) is 0 Å². The average molecular weight is 262 g/mol. The Kier molecular flexibility index (Phi) is 3.54. The number of primary amides is 1. The summed E-state index contributed by atoms with van der Waals surface area (Å²) in [7, 11) is 0. The quantitative estimate of drug-likeness (QED) is 0.871. The Labute approximate surface area is 114 Å². The predicted octanol–water partition coefficient (Wildman–Crippen LogP) is 1.92. The minimum atomic E-state index is -0.510. The van der Waals surface area contributed by atoms with Crippen LogP contribution in [0, 0.1) is 0 Å². The second-order valence-electron chi connectivity index (χ2n) is 6.03. The number of nitrogens with one attached hydrogen (secondary N) is 1. The van der Waals surface area contributed by atoms with Crippen LogP contribution in [0.3, 0.4) is 0 Å². The number of amides is 1. The number of hydrogen-bond donors (Lipinski definition) is 2. The molecule has 1 aromatic rings. The van der Waals surface area contributed by atoms with E-state index >= 15 is 0 Å². The van der Waals surface area contributed by atoms with E-state index in [9.17, 15) is 4.79 Å². The topological polar surface area (TPSA) is 64.3 Å². The van der Waals surface area contributed by atoms with Gasteiger partial charge >= 0.3 is 0 Å². The van der Waals surface area contributed by atoms with Crippen LogP contribution >= 0.6 is 0 Å². The third kappa shape index (κ3) is 2.89. The Morgan fingerprint density at radius 2 is 2.11 bits per heavy atom. The van der Waals surface area contributed by atoms with Crippen molar-refractivity contribution in [2.75, 3.05) is 0 Å². The molecule has 3 N–H and O–H groups in total. The molecule has 1 heterocycles. The first-order valence-electron chi connectivity index (χ1n) is 6.66. The van der Waals surface area contributed by atoms with Crippen LogP contribution in [0.15, 0.2) is 18.2 Å². The van der Waals surface area contributed by atoms with Crippen LogP contribution in [-0.4, -0.2) is 17.6 Å². The molecule has 0 bridgehead atoms. The van der Waals surface area contributed by atoms with Crippen molar-refractivity contribution in [1.29, 1.82) is 0 Å². The van der Waals surface area contributed by atoms with Crippen LogP contribution in [0.4, 0.5) is 0 Å². The molecule has 0 aliphatic carbocycles. The summed E-state index contributed by atoms with van der Waals surface area (Å²) in [6.07, 6.45) is 0.851. The SMILES string of the molecule is CC(C)NC(C(N)=O)c1cccc2c1OC(C)(C)C2. The van der Waals surface area contributed by atoms with Crippen LogP contribution in [0.1, 0.15) is 44.9 Å². The van der Waals surface area contributed by atoms with Gasteiger partial charge in [0.25, 0.3) is 0 Å². The summed E-state index contributed by atoms with van der Waals surface area (Å²) < 4.78 is 5.99. The van der Waals surface area contributed by atoms with Crippen molar-refractivity contribution in [2.24, 2.45) is 5.73 Å². The van der Waals surface area contributed by atoms with Crippen LogP contribution in [-0.2, 0) is 11.2 Å². The van der Waals surface area contributed by atoms with Gasteiger partial charge in [-0.25, -0.2) is 0 Å². The lowest BCUT2D eigenvalue weighted by Gasteiger charge is -2.22. The van der Waals surface area contributed by atoms with Crippen molar-refractivity contribution in [3.8, 4) is 5.75 Å². The predicted molar refractivity (Wildman–Crippen MR) is 75.1 cm³/mol. The third-order valence-corrected chi connectivity index (χ3v) is 3.22. The van der Waals surface area contributed by atoms with Gasteiger partial charge in [-0.2, -0.15) is 0 Å². The summed E-state index contributed by atoms with van der Waals surface area (Å²) in [5.74, 6) is 0.430. The van der Waals surface area contributed by atoms with E-state index in [-0.39, 0.29) is 17.6 Å². The van der Waals surface area contributed by atoms with E-state index in [1.807, 2.05) is 45.9 Å². The van der Waals surface area contributed by atoms with E-state index in [1.165, 1.54) is 0 Å². The minimum Gasteiger partial charge on any atom is -0.487 e. The highest BCUT2D eigenvalue weighted by molar-refractivity contribution is 5.82. The fourth-order valence-electron chi connectivity index (χ4n) is 2.53. The molecule has 1 amide bonds. The molecule has 1 aliphatic heterocycles. The smallest absolute Gasteiger partial charge is 0.239 e. The summed E-state index contributed by atoms with van der Waals surface area (Å²) >= 11 is 0. The molecule has 1 aliphatic rings. The van der Waals surface area contributed by atoms with Gasteiger partial charge in [0.05, 0.1) is 0 Å². The van der Waals surface area contributed by atoms with Crippen molar-refractivity contribution in [3.63, 3.8) is 0 Å². The highest BCUT2D eigenvalue weighted by Gasteiger charge is 2.34. The second kappa shape index (κ2) is 4.85. The van der Waals surface area contributed by atoms with Gasteiger partial charge < -0.3 is 10.5 Å². The Hall–Kier alpha value is -1.55. The maximum absolute atomic E-state index is 11.7. The molecule has 0 radical (unpaired) electrons. The number of ether oxygens (including phenoxy) is 1. The number of fused-ring (bicyclic) bond motifs is 1. The summed E-state index contributed by atoms with van der Waals surface area (Å²) in [4.78, 5) is 11.7. The van der Waals surface area contributed by atoms with E-state index in [2.05, 4.69) is 5.32 Å². The van der Waals surface area contributed by atoms with E-state index in [0.717, 1.165) is 23.3 Å². The Balaban J connectivity index is 2.41. The Morgan fingerprint density at radius 1 is 1.42 bits per heavy atom. The molecule has 1 atom stereocenters. The fourth-order valence-corrected chi connectivity index (χ4v) is 2.53. The van der Waals surface area contributed by atoms with Crippen LogP contribution in [0.5, 0.6) is 5.75 Å². The number of hydrogen-bond acceptors (Lipinski definition) is 3. The lowest BCUT2D eigenvalue weighted by Crippen LogP contribution is -2.37. The van der Waals surface area contributed by atoms with Crippen LogP contribution in [0.25, 0.3) is 0 Å². The van der Waals surface area contributed by atoms with Gasteiger partial charge in [-0.1, -0.05) is 18.2 Å². The number of carbonyl (C=O) groups excluding carboxylic acids is 1. The highest BCUT2D eigenvalue weighted by Crippen LogP contribution is 2.39. The minimum absolute atomic E-state index is 0.169. The molecule has 0 saturated heterocycles. The fraction of sp³-hybridized carbons (Fsp3) is 0.533. The molecule has 4 nitrogen and oxygen atoms in total. The molecule has 1 aromatic carbocycles.